The standard InChI is InChI=1S/C28H34O16/c1-36-10-5-11-18(30)17-13(42-24(11)14(6-10)37-2)7-15(38-3)25(39-4)26(17)44-28-23(35)21(33)20(32)16(43-28)9-41-27-22(34)19(31)12(29)8-40-27/h5-7,12,16,19-23,27-29,31-35H,8-9H2,1-4H3/t12-,16-,19+,20-,21+,22-,23-,27?,28?/m1/s1. The molecule has 0 aliphatic carbocycles. The van der Waals surface area contributed by atoms with Crippen LogP contribution in [-0.2, 0) is 14.2 Å². The van der Waals surface area contributed by atoms with Crippen LogP contribution in [0.3, 0.4) is 0 Å². The lowest BCUT2D eigenvalue weighted by atomic mass is 9.99. The Morgan fingerprint density at radius 2 is 1.48 bits per heavy atom. The van der Waals surface area contributed by atoms with E-state index in [0.717, 1.165) is 0 Å². The van der Waals surface area contributed by atoms with Crippen LogP contribution in [0.4, 0.5) is 0 Å². The van der Waals surface area contributed by atoms with Gasteiger partial charge in [0.2, 0.25) is 17.5 Å². The average Bonchev–Trinajstić information content (AvgIpc) is 3.03. The topological polar surface area (TPSA) is 225 Å². The van der Waals surface area contributed by atoms with Crippen molar-refractivity contribution in [2.75, 3.05) is 41.7 Å². The van der Waals surface area contributed by atoms with Gasteiger partial charge in [0.05, 0.1) is 47.0 Å². The summed E-state index contributed by atoms with van der Waals surface area (Å²) >= 11 is 0. The maximum absolute atomic E-state index is 13.9. The summed E-state index contributed by atoms with van der Waals surface area (Å²) in [4.78, 5) is 13.9. The second-order valence-corrected chi connectivity index (χ2v) is 10.2. The number of hydrogen-bond acceptors (Lipinski definition) is 16. The van der Waals surface area contributed by atoms with Gasteiger partial charge in [-0.3, -0.25) is 4.79 Å². The van der Waals surface area contributed by atoms with Gasteiger partial charge in [0.25, 0.3) is 0 Å². The molecule has 2 aromatic carbocycles. The lowest BCUT2D eigenvalue weighted by Gasteiger charge is -2.41. The van der Waals surface area contributed by atoms with E-state index in [4.69, 9.17) is 42.3 Å². The molecule has 5 rings (SSSR count). The fourth-order valence-electron chi connectivity index (χ4n) is 5.10. The van der Waals surface area contributed by atoms with Crippen LogP contribution in [0.2, 0.25) is 0 Å². The Kier molecular flexibility index (Phi) is 9.36. The predicted octanol–water partition coefficient (Wildman–Crippen LogP) is -1.38. The summed E-state index contributed by atoms with van der Waals surface area (Å²) in [5.41, 5.74) is -0.489. The summed E-state index contributed by atoms with van der Waals surface area (Å²) < 4.78 is 50.1. The van der Waals surface area contributed by atoms with Gasteiger partial charge in [-0.2, -0.15) is 0 Å². The van der Waals surface area contributed by atoms with Crippen LogP contribution in [0.25, 0.3) is 21.9 Å². The van der Waals surface area contributed by atoms with Gasteiger partial charge in [0.15, 0.2) is 29.1 Å². The first-order valence-electron chi connectivity index (χ1n) is 13.5. The van der Waals surface area contributed by atoms with Crippen molar-refractivity contribution >= 4 is 21.9 Å². The first kappa shape index (κ1) is 32.0. The molecule has 242 valence electrons. The van der Waals surface area contributed by atoms with E-state index < -0.39 is 67.3 Å². The van der Waals surface area contributed by atoms with Gasteiger partial charge in [0, 0.05) is 12.1 Å². The average molecular weight is 627 g/mol. The summed E-state index contributed by atoms with van der Waals surface area (Å²) in [6.45, 7) is -0.848. The molecule has 2 aliphatic heterocycles. The van der Waals surface area contributed by atoms with Crippen molar-refractivity contribution in [3.05, 3.63) is 28.4 Å². The molecule has 16 nitrogen and oxygen atoms in total. The van der Waals surface area contributed by atoms with E-state index in [1.807, 2.05) is 0 Å². The highest BCUT2D eigenvalue weighted by atomic mass is 16.7. The summed E-state index contributed by atoms with van der Waals surface area (Å²) in [7, 11) is 5.45. The molecular weight excluding hydrogens is 592 g/mol. The number of benzene rings is 2. The van der Waals surface area contributed by atoms with Crippen molar-refractivity contribution in [2.24, 2.45) is 0 Å². The lowest BCUT2D eigenvalue weighted by molar-refractivity contribution is -0.307. The molecule has 6 N–H and O–H groups in total. The molecule has 2 unspecified atom stereocenters. The first-order valence-corrected chi connectivity index (χ1v) is 13.5. The molecule has 3 aromatic rings. The second-order valence-electron chi connectivity index (χ2n) is 10.2. The Hall–Kier alpha value is -3.45. The zero-order valence-corrected chi connectivity index (χ0v) is 24.1. The second kappa shape index (κ2) is 12.9. The largest absolute Gasteiger partial charge is 0.497 e. The molecule has 0 amide bonds. The van der Waals surface area contributed by atoms with E-state index in [1.165, 1.54) is 46.6 Å². The molecule has 2 saturated heterocycles. The third-order valence-electron chi connectivity index (χ3n) is 7.54. The number of aliphatic hydroxyl groups excluding tert-OH is 6. The smallest absolute Gasteiger partial charge is 0.229 e. The van der Waals surface area contributed by atoms with E-state index >= 15 is 0 Å². The van der Waals surface area contributed by atoms with Crippen molar-refractivity contribution in [2.45, 2.75) is 55.3 Å². The van der Waals surface area contributed by atoms with Crippen LogP contribution in [0.5, 0.6) is 28.7 Å². The maximum atomic E-state index is 13.9. The number of methoxy groups -OCH3 is 4. The highest BCUT2D eigenvalue weighted by Gasteiger charge is 2.47. The Morgan fingerprint density at radius 3 is 2.14 bits per heavy atom. The molecule has 16 heteroatoms. The van der Waals surface area contributed by atoms with Crippen LogP contribution < -0.4 is 29.1 Å². The fraction of sp³-hybridized carbons (Fsp3) is 0.536. The first-order chi connectivity index (χ1) is 21.0. The minimum atomic E-state index is -1.84. The van der Waals surface area contributed by atoms with Crippen molar-refractivity contribution in [3.63, 3.8) is 0 Å². The van der Waals surface area contributed by atoms with Crippen LogP contribution >= 0.6 is 0 Å². The fourth-order valence-corrected chi connectivity index (χ4v) is 5.10. The lowest BCUT2D eigenvalue weighted by Crippen LogP contribution is -2.61. The summed E-state index contributed by atoms with van der Waals surface area (Å²) in [6.07, 6.45) is -14.3. The van der Waals surface area contributed by atoms with E-state index in [1.54, 1.807) is 0 Å². The summed E-state index contributed by atoms with van der Waals surface area (Å²) in [6, 6.07) is 4.39. The summed E-state index contributed by atoms with van der Waals surface area (Å²) in [5.74, 6) is 0.270. The zero-order chi connectivity index (χ0) is 31.9. The van der Waals surface area contributed by atoms with Gasteiger partial charge in [-0.15, -0.1) is 0 Å². The Morgan fingerprint density at radius 1 is 0.773 bits per heavy atom. The molecular formula is C28H34O16. The SMILES string of the molecule is COc1cc(OC)c2oc3cc(OC)c(OC)c(OC4O[C@H](COC5OC[C@@H](O)[C@H](O)[C@H]5O)[C@@H](O)[C@H](O)[C@H]4O)c3c(=O)c2c1. The molecule has 1 aromatic heterocycles. The van der Waals surface area contributed by atoms with Crippen molar-refractivity contribution < 1.29 is 73.0 Å². The molecule has 2 aliphatic rings. The van der Waals surface area contributed by atoms with E-state index in [2.05, 4.69) is 0 Å². The van der Waals surface area contributed by atoms with Gasteiger partial charge in [-0.25, -0.2) is 0 Å². The number of rotatable bonds is 9. The predicted molar refractivity (Wildman–Crippen MR) is 147 cm³/mol. The van der Waals surface area contributed by atoms with Gasteiger partial charge in [-0.05, 0) is 6.07 Å². The van der Waals surface area contributed by atoms with Crippen LogP contribution in [0.15, 0.2) is 27.4 Å². The van der Waals surface area contributed by atoms with Gasteiger partial charge in [0.1, 0.15) is 59.4 Å². The van der Waals surface area contributed by atoms with Crippen LogP contribution in [0.1, 0.15) is 0 Å². The van der Waals surface area contributed by atoms with Gasteiger partial charge in [-0.1, -0.05) is 0 Å². The van der Waals surface area contributed by atoms with Crippen LogP contribution in [0, 0.1) is 0 Å². The number of hydrogen-bond donors (Lipinski definition) is 6. The molecule has 0 spiro atoms. The van der Waals surface area contributed by atoms with Gasteiger partial charge >= 0.3 is 0 Å². The Bertz CT molecular complexity index is 1540. The molecule has 44 heavy (non-hydrogen) atoms. The minimum Gasteiger partial charge on any atom is -0.497 e. The molecule has 2 fully saturated rings. The summed E-state index contributed by atoms with van der Waals surface area (Å²) in [5, 5.41) is 61.7. The third kappa shape index (κ3) is 5.60. The minimum absolute atomic E-state index is 0.00596. The Labute approximate surface area is 249 Å². The molecule has 0 bridgehead atoms. The normalized spacial score (nSPS) is 30.7. The quantitative estimate of drug-likeness (QED) is 0.151. The molecule has 0 radical (unpaired) electrons. The number of fused-ring (bicyclic) bond motifs is 2. The number of ether oxygens (including phenoxy) is 8. The van der Waals surface area contributed by atoms with E-state index in [9.17, 15) is 35.4 Å². The molecule has 9 atom stereocenters. The zero-order valence-electron chi connectivity index (χ0n) is 24.1. The third-order valence-corrected chi connectivity index (χ3v) is 7.54. The molecule has 3 heterocycles. The Balaban J connectivity index is 1.53. The highest BCUT2D eigenvalue weighted by molar-refractivity contribution is 5.98. The van der Waals surface area contributed by atoms with Crippen LogP contribution in [-0.4, -0.2) is 128 Å². The molecule has 0 saturated carbocycles. The number of aliphatic hydroxyl groups is 6. The van der Waals surface area contributed by atoms with E-state index in [0.29, 0.717) is 5.75 Å². The maximum Gasteiger partial charge on any atom is 0.229 e. The van der Waals surface area contributed by atoms with Crippen molar-refractivity contribution in [1.29, 1.82) is 0 Å². The van der Waals surface area contributed by atoms with E-state index in [-0.39, 0.29) is 51.5 Å². The highest BCUT2D eigenvalue weighted by Crippen LogP contribution is 2.45. The monoisotopic (exact) mass is 626 g/mol. The van der Waals surface area contributed by atoms with Gasteiger partial charge < -0.3 is 73.0 Å². The van der Waals surface area contributed by atoms with Crippen molar-refractivity contribution in [3.8, 4) is 28.7 Å². The van der Waals surface area contributed by atoms with Crippen molar-refractivity contribution in [1.82, 2.24) is 0 Å².